The van der Waals surface area contributed by atoms with E-state index in [1.807, 2.05) is 28.9 Å². The van der Waals surface area contributed by atoms with Gasteiger partial charge < -0.3 is 9.80 Å². The molecule has 1 aromatic rings. The molecule has 154 valence electrons. The first-order valence-electron chi connectivity index (χ1n) is 11.0. The summed E-state index contributed by atoms with van der Waals surface area (Å²) in [6, 6.07) is 3.88. The Kier molecular flexibility index (Phi) is 6.12. The van der Waals surface area contributed by atoms with Gasteiger partial charge in [0.05, 0.1) is 11.3 Å². The summed E-state index contributed by atoms with van der Waals surface area (Å²) < 4.78 is 0. The molecule has 3 heterocycles. The van der Waals surface area contributed by atoms with Crippen LogP contribution < -0.4 is 0 Å². The van der Waals surface area contributed by atoms with Crippen molar-refractivity contribution in [3.8, 4) is 0 Å². The lowest BCUT2D eigenvalue weighted by molar-refractivity contribution is -0.136. The zero-order valence-electron chi connectivity index (χ0n) is 17.3. The van der Waals surface area contributed by atoms with Crippen molar-refractivity contribution in [2.45, 2.75) is 51.4 Å². The van der Waals surface area contributed by atoms with Gasteiger partial charge in [0.2, 0.25) is 5.91 Å². The summed E-state index contributed by atoms with van der Waals surface area (Å²) in [5.74, 6) is 0.785. The monoisotopic (exact) mass is 393 g/mol. The molecule has 1 fully saturated rings. The van der Waals surface area contributed by atoms with Crippen LogP contribution in [0.2, 0.25) is 0 Å². The molecule has 5 heteroatoms. The van der Waals surface area contributed by atoms with Crippen LogP contribution >= 0.6 is 0 Å². The number of hydrogen-bond donors (Lipinski definition) is 0. The van der Waals surface area contributed by atoms with Crippen molar-refractivity contribution in [1.29, 1.82) is 0 Å². The van der Waals surface area contributed by atoms with Crippen LogP contribution in [0.5, 0.6) is 0 Å². The van der Waals surface area contributed by atoms with Gasteiger partial charge in [-0.2, -0.15) is 0 Å². The molecule has 1 atom stereocenters. The number of aryl methyl sites for hydroxylation is 1. The van der Waals surface area contributed by atoms with Crippen LogP contribution in [0.3, 0.4) is 0 Å². The molecule has 2 amide bonds. The van der Waals surface area contributed by atoms with Crippen molar-refractivity contribution in [1.82, 2.24) is 14.8 Å². The van der Waals surface area contributed by atoms with E-state index in [2.05, 4.69) is 24.3 Å². The molecule has 0 N–H and O–H groups in total. The van der Waals surface area contributed by atoms with E-state index in [1.165, 1.54) is 0 Å². The molecule has 1 aromatic heterocycles. The zero-order chi connectivity index (χ0) is 20.2. The molecule has 1 aliphatic carbocycles. The summed E-state index contributed by atoms with van der Waals surface area (Å²) in [7, 11) is 0. The van der Waals surface area contributed by atoms with Crippen LogP contribution in [0, 0.1) is 12.8 Å². The van der Waals surface area contributed by atoms with Gasteiger partial charge in [0.1, 0.15) is 0 Å². The fourth-order valence-corrected chi connectivity index (χ4v) is 4.71. The Morgan fingerprint density at radius 2 is 1.72 bits per heavy atom. The lowest BCUT2D eigenvalue weighted by Gasteiger charge is -2.35. The summed E-state index contributed by atoms with van der Waals surface area (Å²) in [4.78, 5) is 34.7. The molecule has 1 unspecified atom stereocenters. The lowest BCUT2D eigenvalue weighted by Crippen LogP contribution is -2.42. The molecule has 2 aliphatic heterocycles. The van der Waals surface area contributed by atoms with Crippen molar-refractivity contribution in [3.63, 3.8) is 0 Å². The first-order valence-corrected chi connectivity index (χ1v) is 11.0. The van der Waals surface area contributed by atoms with E-state index in [1.54, 1.807) is 0 Å². The van der Waals surface area contributed by atoms with Crippen LogP contribution in [0.25, 0.3) is 0 Å². The predicted molar refractivity (Wildman–Crippen MR) is 114 cm³/mol. The molecule has 29 heavy (non-hydrogen) atoms. The predicted octanol–water partition coefficient (Wildman–Crippen LogP) is 3.85. The molecular weight excluding hydrogens is 362 g/mol. The SMILES string of the molecule is Cc1ccc(C(=O)N2CC=CCC2)c(C2CCN(C(=O)C3CC=CCC3)CC2)n1. The molecular formula is C24H31N3O2. The zero-order valence-corrected chi connectivity index (χ0v) is 17.3. The summed E-state index contributed by atoms with van der Waals surface area (Å²) in [5.41, 5.74) is 2.62. The van der Waals surface area contributed by atoms with Crippen LogP contribution in [-0.4, -0.2) is 52.8 Å². The highest BCUT2D eigenvalue weighted by atomic mass is 16.2. The average molecular weight is 394 g/mol. The molecule has 4 rings (SSSR count). The van der Waals surface area contributed by atoms with Gasteiger partial charge in [0.25, 0.3) is 5.91 Å². The highest BCUT2D eigenvalue weighted by Crippen LogP contribution is 2.32. The standard InChI is InChI=1S/C24H31N3O2/c1-18-10-11-21(24(29)26-14-6-3-7-15-26)22(25-18)19-12-16-27(17-13-19)23(28)20-8-4-2-5-9-20/h2-4,6,10-11,19-20H,5,7-9,12-17H2,1H3. The number of amides is 2. The maximum atomic E-state index is 13.1. The number of rotatable bonds is 3. The topological polar surface area (TPSA) is 53.5 Å². The largest absolute Gasteiger partial charge is 0.342 e. The highest BCUT2D eigenvalue weighted by molar-refractivity contribution is 5.95. The second-order valence-corrected chi connectivity index (χ2v) is 8.48. The quantitative estimate of drug-likeness (QED) is 0.733. The smallest absolute Gasteiger partial charge is 0.256 e. The van der Waals surface area contributed by atoms with Gasteiger partial charge in [-0.05, 0) is 57.6 Å². The number of aromatic nitrogens is 1. The molecule has 0 aromatic carbocycles. The number of nitrogens with zero attached hydrogens (tertiary/aromatic N) is 3. The number of hydrogen-bond acceptors (Lipinski definition) is 3. The highest BCUT2D eigenvalue weighted by Gasteiger charge is 2.31. The molecule has 0 saturated carbocycles. The minimum Gasteiger partial charge on any atom is -0.342 e. The van der Waals surface area contributed by atoms with E-state index < -0.39 is 0 Å². The summed E-state index contributed by atoms with van der Waals surface area (Å²) in [5, 5.41) is 0. The Labute approximate surface area is 173 Å². The van der Waals surface area contributed by atoms with Gasteiger partial charge in [0.15, 0.2) is 0 Å². The van der Waals surface area contributed by atoms with Crippen molar-refractivity contribution in [2.24, 2.45) is 5.92 Å². The maximum absolute atomic E-state index is 13.1. The minimum absolute atomic E-state index is 0.0874. The number of likely N-dealkylation sites (tertiary alicyclic amines) is 1. The third-order valence-electron chi connectivity index (χ3n) is 6.45. The molecule has 0 spiro atoms. The van der Waals surface area contributed by atoms with Crippen LogP contribution in [0.1, 0.15) is 66.2 Å². The fraction of sp³-hybridized carbons (Fsp3) is 0.542. The second kappa shape index (κ2) is 8.93. The van der Waals surface area contributed by atoms with Gasteiger partial charge >= 0.3 is 0 Å². The van der Waals surface area contributed by atoms with Crippen molar-refractivity contribution in [2.75, 3.05) is 26.2 Å². The van der Waals surface area contributed by atoms with Crippen LogP contribution in [0.4, 0.5) is 0 Å². The molecule has 3 aliphatic rings. The van der Waals surface area contributed by atoms with E-state index in [9.17, 15) is 9.59 Å². The van der Waals surface area contributed by atoms with Crippen molar-refractivity contribution >= 4 is 11.8 Å². The Morgan fingerprint density at radius 1 is 0.931 bits per heavy atom. The van der Waals surface area contributed by atoms with Gasteiger partial charge in [-0.15, -0.1) is 0 Å². The van der Waals surface area contributed by atoms with Crippen molar-refractivity contribution < 1.29 is 9.59 Å². The normalized spacial score (nSPS) is 22.7. The molecule has 0 radical (unpaired) electrons. The van der Waals surface area contributed by atoms with E-state index in [-0.39, 0.29) is 17.7 Å². The Bertz CT molecular complexity index is 821. The third-order valence-corrected chi connectivity index (χ3v) is 6.45. The van der Waals surface area contributed by atoms with E-state index in [0.717, 1.165) is 75.1 Å². The first-order chi connectivity index (χ1) is 14.1. The fourth-order valence-electron chi connectivity index (χ4n) is 4.71. The van der Waals surface area contributed by atoms with Gasteiger partial charge in [-0.1, -0.05) is 24.3 Å². The number of allylic oxidation sites excluding steroid dienone is 2. The second-order valence-electron chi connectivity index (χ2n) is 8.48. The van der Waals surface area contributed by atoms with Crippen molar-refractivity contribution in [3.05, 3.63) is 53.4 Å². The Balaban J connectivity index is 1.46. The van der Waals surface area contributed by atoms with Crippen LogP contribution in [0.15, 0.2) is 36.4 Å². The number of carbonyl (C=O) groups is 2. The Morgan fingerprint density at radius 3 is 2.41 bits per heavy atom. The number of pyridine rings is 1. The average Bonchev–Trinajstić information content (AvgIpc) is 2.79. The van der Waals surface area contributed by atoms with E-state index in [0.29, 0.717) is 12.5 Å². The van der Waals surface area contributed by atoms with E-state index >= 15 is 0 Å². The number of carbonyl (C=O) groups excluding carboxylic acids is 2. The lowest BCUT2D eigenvalue weighted by atomic mass is 9.87. The van der Waals surface area contributed by atoms with E-state index in [4.69, 9.17) is 4.98 Å². The summed E-state index contributed by atoms with van der Waals surface area (Å²) >= 11 is 0. The number of piperidine rings is 1. The van der Waals surface area contributed by atoms with Gasteiger partial charge in [-0.3, -0.25) is 14.6 Å². The molecule has 1 saturated heterocycles. The molecule has 0 bridgehead atoms. The Hall–Kier alpha value is -2.43. The maximum Gasteiger partial charge on any atom is 0.256 e. The van der Waals surface area contributed by atoms with Crippen LogP contribution in [-0.2, 0) is 4.79 Å². The summed E-state index contributed by atoms with van der Waals surface area (Å²) in [6.07, 6.45) is 14.0. The third kappa shape index (κ3) is 4.44. The summed E-state index contributed by atoms with van der Waals surface area (Å²) in [6.45, 7) is 4.95. The van der Waals surface area contributed by atoms with Gasteiger partial charge in [0, 0.05) is 43.7 Å². The molecule has 5 nitrogen and oxygen atoms in total. The first kappa shape index (κ1) is 19.9. The minimum atomic E-state index is 0.0874. The van der Waals surface area contributed by atoms with Gasteiger partial charge in [-0.25, -0.2) is 0 Å².